The van der Waals surface area contributed by atoms with Gasteiger partial charge < -0.3 is 4.90 Å². The summed E-state index contributed by atoms with van der Waals surface area (Å²) < 4.78 is 3.72. The van der Waals surface area contributed by atoms with Crippen molar-refractivity contribution in [3.63, 3.8) is 0 Å². The highest BCUT2D eigenvalue weighted by Gasteiger charge is 2.26. The fraction of sp³-hybridized carbons (Fsp3) is 0.316. The first kappa shape index (κ1) is 15.9. The van der Waals surface area contributed by atoms with Gasteiger partial charge in [0.1, 0.15) is 23.4 Å². The van der Waals surface area contributed by atoms with Gasteiger partial charge in [-0.1, -0.05) is 6.07 Å². The third-order valence-corrected chi connectivity index (χ3v) is 5.08. The molecule has 1 aliphatic heterocycles. The molecule has 0 bridgehead atoms. The monoisotopic (exact) mass is 360 g/mol. The number of hydrogen-bond donors (Lipinski definition) is 0. The topological polar surface area (TPSA) is 77.0 Å². The van der Waals surface area contributed by atoms with Crippen LogP contribution in [-0.4, -0.2) is 47.4 Å². The van der Waals surface area contributed by atoms with E-state index >= 15 is 0 Å². The van der Waals surface area contributed by atoms with E-state index in [0.29, 0.717) is 0 Å². The fourth-order valence-corrected chi connectivity index (χ4v) is 3.53. The summed E-state index contributed by atoms with van der Waals surface area (Å²) in [5, 5.41) is 8.91. The molecule has 1 saturated heterocycles. The summed E-state index contributed by atoms with van der Waals surface area (Å²) >= 11 is 0. The first-order chi connectivity index (χ1) is 13.1. The molecule has 27 heavy (non-hydrogen) atoms. The summed E-state index contributed by atoms with van der Waals surface area (Å²) in [7, 11) is 1.93. The molecular weight excluding hydrogens is 340 g/mol. The molecule has 1 aliphatic rings. The molecule has 0 amide bonds. The predicted octanol–water partition coefficient (Wildman–Crippen LogP) is 2.41. The number of aromatic nitrogens is 7. The molecule has 0 aromatic carbocycles. The van der Waals surface area contributed by atoms with Crippen molar-refractivity contribution >= 4 is 11.3 Å². The zero-order chi connectivity index (χ0) is 18.5. The predicted molar refractivity (Wildman–Crippen MR) is 103 cm³/mol. The zero-order valence-corrected chi connectivity index (χ0v) is 15.6. The molecule has 0 aliphatic carbocycles. The van der Waals surface area contributed by atoms with Gasteiger partial charge >= 0.3 is 0 Å². The van der Waals surface area contributed by atoms with Gasteiger partial charge in [0, 0.05) is 26.3 Å². The maximum atomic E-state index is 4.83. The average Bonchev–Trinajstić information content (AvgIpc) is 3.16. The highest BCUT2D eigenvalue weighted by Crippen LogP contribution is 2.36. The minimum Gasteiger partial charge on any atom is -0.355 e. The number of rotatable bonds is 3. The Hall–Kier alpha value is -3.29. The molecule has 136 valence electrons. The lowest BCUT2D eigenvalue weighted by molar-refractivity contribution is 0.608. The molecule has 8 nitrogen and oxygen atoms in total. The SMILES string of the molecule is Cc1ccc(-c2c(-c3nc(C)n4ncnc(N5CCC5)c34)cnn2C)nc1. The van der Waals surface area contributed by atoms with E-state index in [4.69, 9.17) is 4.98 Å². The van der Waals surface area contributed by atoms with Crippen LogP contribution in [0.4, 0.5) is 5.82 Å². The molecule has 8 heteroatoms. The van der Waals surface area contributed by atoms with E-state index in [2.05, 4.69) is 31.1 Å². The Labute approximate surface area is 156 Å². The summed E-state index contributed by atoms with van der Waals surface area (Å²) in [6.45, 7) is 6.01. The van der Waals surface area contributed by atoms with Crippen LogP contribution < -0.4 is 4.90 Å². The summed E-state index contributed by atoms with van der Waals surface area (Å²) in [6, 6.07) is 4.08. The van der Waals surface area contributed by atoms with Crippen LogP contribution in [0.3, 0.4) is 0 Å². The molecule has 0 N–H and O–H groups in total. The first-order valence-corrected chi connectivity index (χ1v) is 9.04. The number of hydrogen-bond acceptors (Lipinski definition) is 6. The van der Waals surface area contributed by atoms with E-state index in [1.165, 1.54) is 6.42 Å². The maximum Gasteiger partial charge on any atom is 0.158 e. The van der Waals surface area contributed by atoms with E-state index in [1.807, 2.05) is 48.6 Å². The van der Waals surface area contributed by atoms with Crippen molar-refractivity contribution in [1.29, 1.82) is 0 Å². The van der Waals surface area contributed by atoms with Gasteiger partial charge in [-0.15, -0.1) is 0 Å². The molecule has 0 atom stereocenters. The molecule has 0 unspecified atom stereocenters. The number of fused-ring (bicyclic) bond motifs is 1. The first-order valence-electron chi connectivity index (χ1n) is 9.04. The minimum atomic E-state index is 0.829. The fourth-order valence-electron chi connectivity index (χ4n) is 3.53. The van der Waals surface area contributed by atoms with E-state index < -0.39 is 0 Å². The van der Waals surface area contributed by atoms with E-state index in [1.54, 1.807) is 6.33 Å². The lowest BCUT2D eigenvalue weighted by Gasteiger charge is -2.32. The number of pyridine rings is 1. The quantitative estimate of drug-likeness (QED) is 0.558. The Morgan fingerprint density at radius 2 is 1.85 bits per heavy atom. The molecule has 0 saturated carbocycles. The number of anilines is 1. The van der Waals surface area contributed by atoms with Crippen molar-refractivity contribution in [3.8, 4) is 22.6 Å². The second-order valence-corrected chi connectivity index (χ2v) is 6.94. The van der Waals surface area contributed by atoms with Gasteiger partial charge in [-0.2, -0.15) is 10.2 Å². The van der Waals surface area contributed by atoms with Crippen molar-refractivity contribution < 1.29 is 0 Å². The van der Waals surface area contributed by atoms with Crippen LogP contribution in [0.5, 0.6) is 0 Å². The van der Waals surface area contributed by atoms with Gasteiger partial charge in [0.2, 0.25) is 0 Å². The van der Waals surface area contributed by atoms with Gasteiger partial charge in [-0.3, -0.25) is 9.67 Å². The lowest BCUT2D eigenvalue weighted by Crippen LogP contribution is -2.38. The van der Waals surface area contributed by atoms with E-state index in [0.717, 1.165) is 58.5 Å². The normalized spacial score (nSPS) is 14.0. The standard InChI is InChI=1S/C19H20N8/c1-12-5-6-15(20-9-12)17-14(10-22-25(17)3)16-18-19(26-7-4-8-26)21-11-23-27(18)13(2)24-16/h5-6,9-11H,4,7-8H2,1-3H3. The minimum absolute atomic E-state index is 0.829. The van der Waals surface area contributed by atoms with E-state index in [9.17, 15) is 0 Å². The second kappa shape index (κ2) is 5.87. The molecular formula is C19H20N8. The number of nitrogens with zero attached hydrogens (tertiary/aromatic N) is 8. The molecule has 5 heterocycles. The second-order valence-electron chi connectivity index (χ2n) is 6.94. The molecule has 5 rings (SSSR count). The third-order valence-electron chi connectivity index (χ3n) is 5.08. The number of imidazole rings is 1. The molecule has 4 aromatic rings. The van der Waals surface area contributed by atoms with Crippen molar-refractivity contribution in [3.05, 3.63) is 42.2 Å². The highest BCUT2D eigenvalue weighted by atomic mass is 15.3. The Kier molecular flexibility index (Phi) is 3.46. The Morgan fingerprint density at radius 1 is 1.00 bits per heavy atom. The van der Waals surface area contributed by atoms with Gasteiger partial charge in [0.15, 0.2) is 5.82 Å². The van der Waals surface area contributed by atoms with Crippen molar-refractivity contribution in [2.75, 3.05) is 18.0 Å². The van der Waals surface area contributed by atoms with Crippen LogP contribution >= 0.6 is 0 Å². The molecule has 0 radical (unpaired) electrons. The maximum absolute atomic E-state index is 4.83. The summed E-state index contributed by atoms with van der Waals surface area (Å²) in [4.78, 5) is 16.3. The van der Waals surface area contributed by atoms with Crippen molar-refractivity contribution in [1.82, 2.24) is 34.3 Å². The largest absolute Gasteiger partial charge is 0.355 e. The Bertz CT molecular complexity index is 1130. The lowest BCUT2D eigenvalue weighted by atomic mass is 10.1. The van der Waals surface area contributed by atoms with Gasteiger partial charge in [-0.25, -0.2) is 14.5 Å². The van der Waals surface area contributed by atoms with Crippen LogP contribution in [0.1, 0.15) is 17.8 Å². The van der Waals surface area contributed by atoms with Gasteiger partial charge in [0.25, 0.3) is 0 Å². The average molecular weight is 360 g/mol. The summed E-state index contributed by atoms with van der Waals surface area (Å²) in [5.74, 6) is 1.76. The van der Waals surface area contributed by atoms with Crippen molar-refractivity contribution in [2.45, 2.75) is 20.3 Å². The smallest absolute Gasteiger partial charge is 0.158 e. The van der Waals surface area contributed by atoms with Crippen LogP contribution in [0.2, 0.25) is 0 Å². The van der Waals surface area contributed by atoms with Gasteiger partial charge in [-0.05, 0) is 31.9 Å². The Morgan fingerprint density at radius 3 is 2.56 bits per heavy atom. The van der Waals surface area contributed by atoms with Crippen LogP contribution in [-0.2, 0) is 7.05 Å². The summed E-state index contributed by atoms with van der Waals surface area (Å²) in [5.41, 5.74) is 5.65. The van der Waals surface area contributed by atoms with E-state index in [-0.39, 0.29) is 0 Å². The molecule has 1 fully saturated rings. The third kappa shape index (κ3) is 2.40. The molecule has 0 spiro atoms. The van der Waals surface area contributed by atoms with Crippen LogP contribution in [0.25, 0.3) is 28.2 Å². The van der Waals surface area contributed by atoms with Gasteiger partial charge in [0.05, 0.1) is 23.1 Å². The Balaban J connectivity index is 1.77. The number of aryl methyl sites for hydroxylation is 3. The summed E-state index contributed by atoms with van der Waals surface area (Å²) in [6.07, 6.45) is 6.51. The van der Waals surface area contributed by atoms with Crippen LogP contribution in [0.15, 0.2) is 30.9 Å². The zero-order valence-electron chi connectivity index (χ0n) is 15.6. The molecule has 4 aromatic heterocycles. The highest BCUT2D eigenvalue weighted by molar-refractivity contribution is 5.91. The van der Waals surface area contributed by atoms with Crippen molar-refractivity contribution in [2.24, 2.45) is 7.05 Å². The van der Waals surface area contributed by atoms with Crippen LogP contribution in [0, 0.1) is 13.8 Å².